The van der Waals surface area contributed by atoms with E-state index in [0.29, 0.717) is 0 Å². The molecule has 0 unspecified atom stereocenters. The number of pyridine rings is 1. The van der Waals surface area contributed by atoms with E-state index in [4.69, 9.17) is 5.11 Å². The van der Waals surface area contributed by atoms with Crippen LogP contribution in [0.4, 0.5) is 0 Å². The minimum absolute atomic E-state index is 0. The molecule has 2 heterocycles. The molecule has 0 aliphatic rings. The number of fused-ring (bicyclic) bond motifs is 1. The Labute approximate surface area is 86.3 Å². The van der Waals surface area contributed by atoms with Gasteiger partial charge in [0.25, 0.3) is 0 Å². The van der Waals surface area contributed by atoms with Gasteiger partial charge in [-0.25, -0.2) is 4.98 Å². The summed E-state index contributed by atoms with van der Waals surface area (Å²) in [5, 5.41) is 9.90. The lowest BCUT2D eigenvalue weighted by Crippen LogP contribution is -1.73. The summed E-state index contributed by atoms with van der Waals surface area (Å²) in [6.07, 6.45) is 3.20. The average Bonchev–Trinajstić information content (AvgIpc) is 2.71. The van der Waals surface area contributed by atoms with E-state index in [-0.39, 0.29) is 7.18 Å². The van der Waals surface area contributed by atoms with Crippen LogP contribution in [0.1, 0.15) is 29.1 Å². The first kappa shape index (κ1) is 12.5. The SMILES string of the molecule is CC.CC.Oc1cnc2[nH]ccc2c1.[HH]. The first-order chi connectivity index (χ1) is 6.86. The molecule has 3 heteroatoms. The third kappa shape index (κ3) is 3.09. The van der Waals surface area contributed by atoms with Crippen LogP contribution in [-0.4, -0.2) is 15.1 Å². The first-order valence-electron chi connectivity index (χ1n) is 4.98. The molecule has 0 amide bonds. The van der Waals surface area contributed by atoms with Gasteiger partial charge in [0.15, 0.2) is 0 Å². The number of nitrogens with one attached hydrogen (secondary N) is 1. The number of nitrogens with zero attached hydrogens (tertiary/aromatic N) is 1. The smallest absolute Gasteiger partial charge is 0.137 e. The summed E-state index contributed by atoms with van der Waals surface area (Å²) in [6, 6.07) is 3.53. The molecule has 14 heavy (non-hydrogen) atoms. The van der Waals surface area contributed by atoms with Crippen LogP contribution in [0, 0.1) is 0 Å². The third-order valence-electron chi connectivity index (χ3n) is 1.39. The van der Waals surface area contributed by atoms with E-state index in [1.807, 2.05) is 33.8 Å². The molecule has 0 saturated carbocycles. The van der Waals surface area contributed by atoms with Crippen molar-refractivity contribution < 1.29 is 6.53 Å². The number of aromatic nitrogens is 2. The van der Waals surface area contributed by atoms with E-state index in [1.54, 1.807) is 12.3 Å². The Morgan fingerprint density at radius 2 is 1.93 bits per heavy atom. The maximum Gasteiger partial charge on any atom is 0.137 e. The quantitative estimate of drug-likeness (QED) is 0.676. The van der Waals surface area contributed by atoms with E-state index in [0.717, 1.165) is 11.0 Å². The molecule has 3 nitrogen and oxygen atoms in total. The van der Waals surface area contributed by atoms with Gasteiger partial charge < -0.3 is 10.1 Å². The van der Waals surface area contributed by atoms with Crippen LogP contribution in [0.15, 0.2) is 24.5 Å². The van der Waals surface area contributed by atoms with Gasteiger partial charge in [-0.05, 0) is 12.1 Å². The number of hydrogen-bond acceptors (Lipinski definition) is 2. The van der Waals surface area contributed by atoms with Crippen LogP contribution in [-0.2, 0) is 0 Å². The highest BCUT2D eigenvalue weighted by atomic mass is 16.3. The summed E-state index contributed by atoms with van der Waals surface area (Å²) in [4.78, 5) is 6.86. The Bertz CT molecular complexity index is 360. The molecule has 0 aliphatic carbocycles. The third-order valence-corrected chi connectivity index (χ3v) is 1.39. The highest BCUT2D eigenvalue weighted by molar-refractivity contribution is 5.76. The number of aromatic amines is 1. The van der Waals surface area contributed by atoms with Crippen molar-refractivity contribution in [1.82, 2.24) is 9.97 Å². The van der Waals surface area contributed by atoms with Crippen molar-refractivity contribution in [3.05, 3.63) is 24.5 Å². The van der Waals surface area contributed by atoms with Gasteiger partial charge in [0.2, 0.25) is 0 Å². The van der Waals surface area contributed by atoms with Crippen molar-refractivity contribution in [2.45, 2.75) is 27.7 Å². The Balaban J connectivity index is 0. The van der Waals surface area contributed by atoms with Crippen LogP contribution in [0.5, 0.6) is 5.75 Å². The summed E-state index contributed by atoms with van der Waals surface area (Å²) >= 11 is 0. The molecule has 2 rings (SSSR count). The average molecular weight is 196 g/mol. The highest BCUT2D eigenvalue weighted by Gasteiger charge is 1.94. The molecule has 2 aromatic rings. The van der Waals surface area contributed by atoms with Crippen LogP contribution in [0.2, 0.25) is 0 Å². The second-order valence-corrected chi connectivity index (χ2v) is 2.11. The van der Waals surface area contributed by atoms with Crippen molar-refractivity contribution in [1.29, 1.82) is 0 Å². The van der Waals surface area contributed by atoms with Gasteiger partial charge in [0, 0.05) is 13.0 Å². The second kappa shape index (κ2) is 6.95. The van der Waals surface area contributed by atoms with Crippen LogP contribution >= 0.6 is 0 Å². The lowest BCUT2D eigenvalue weighted by Gasteiger charge is -1.88. The van der Waals surface area contributed by atoms with Crippen LogP contribution < -0.4 is 0 Å². The molecule has 0 spiro atoms. The molecule has 0 bridgehead atoms. The van der Waals surface area contributed by atoms with Gasteiger partial charge in [-0.15, -0.1) is 0 Å². The minimum atomic E-state index is 0. The summed E-state index contributed by atoms with van der Waals surface area (Å²) in [6.45, 7) is 8.00. The predicted molar refractivity (Wildman–Crippen MR) is 62.6 cm³/mol. The number of rotatable bonds is 0. The normalized spacial score (nSPS) is 8.29. The van der Waals surface area contributed by atoms with Crippen molar-refractivity contribution >= 4 is 11.0 Å². The molecule has 0 aromatic carbocycles. The molecular weight excluding hydrogens is 176 g/mol. The monoisotopic (exact) mass is 196 g/mol. The molecule has 0 radical (unpaired) electrons. The summed E-state index contributed by atoms with van der Waals surface area (Å²) in [7, 11) is 0. The number of aromatic hydroxyl groups is 1. The summed E-state index contributed by atoms with van der Waals surface area (Å²) in [5.74, 6) is 0.201. The lowest BCUT2D eigenvalue weighted by molar-refractivity contribution is 0.474. The Morgan fingerprint density at radius 3 is 2.57 bits per heavy atom. The largest absolute Gasteiger partial charge is 0.506 e. The fraction of sp³-hybridized carbons (Fsp3) is 0.364. The zero-order valence-electron chi connectivity index (χ0n) is 9.20. The van der Waals surface area contributed by atoms with Crippen molar-refractivity contribution in [2.75, 3.05) is 0 Å². The van der Waals surface area contributed by atoms with Crippen molar-refractivity contribution in [3.63, 3.8) is 0 Å². The summed E-state index contributed by atoms with van der Waals surface area (Å²) < 4.78 is 0. The molecule has 0 aliphatic heterocycles. The first-order valence-corrected chi connectivity index (χ1v) is 4.98. The number of H-pyrrole nitrogens is 1. The molecule has 0 fully saturated rings. The zero-order chi connectivity index (χ0) is 11.0. The fourth-order valence-electron chi connectivity index (χ4n) is 0.928. The molecule has 0 saturated heterocycles. The molecule has 2 aromatic heterocycles. The van der Waals surface area contributed by atoms with Crippen LogP contribution in [0.25, 0.3) is 11.0 Å². The van der Waals surface area contributed by atoms with Crippen LogP contribution in [0.3, 0.4) is 0 Å². The maximum atomic E-state index is 8.97. The zero-order valence-corrected chi connectivity index (χ0v) is 9.20. The standard InChI is InChI=1S/C7H6N2O.2C2H6.H2/c10-6-3-5-1-2-8-7(5)9-4-6;2*1-2;/h1-4,10H,(H,8,9);2*1-2H3;1H. The van der Waals surface area contributed by atoms with Gasteiger partial charge in [0.1, 0.15) is 11.4 Å². The maximum absolute atomic E-state index is 8.97. The van der Waals surface area contributed by atoms with Gasteiger partial charge in [-0.2, -0.15) is 0 Å². The van der Waals surface area contributed by atoms with Gasteiger partial charge in [0.05, 0.1) is 6.20 Å². The Hall–Kier alpha value is -1.51. The molecule has 2 N–H and O–H groups in total. The van der Waals surface area contributed by atoms with Gasteiger partial charge in [-0.3, -0.25) is 0 Å². The molecular formula is C11H20N2O. The minimum Gasteiger partial charge on any atom is -0.506 e. The molecule has 80 valence electrons. The van der Waals surface area contributed by atoms with E-state index < -0.39 is 0 Å². The van der Waals surface area contributed by atoms with Crippen molar-refractivity contribution in [2.24, 2.45) is 0 Å². The van der Waals surface area contributed by atoms with Gasteiger partial charge >= 0.3 is 0 Å². The summed E-state index contributed by atoms with van der Waals surface area (Å²) in [5.41, 5.74) is 0.804. The Morgan fingerprint density at radius 1 is 1.29 bits per heavy atom. The predicted octanol–water partition coefficient (Wildman–Crippen LogP) is 3.57. The Kier molecular flexibility index (Phi) is 6.20. The van der Waals surface area contributed by atoms with Gasteiger partial charge in [-0.1, -0.05) is 27.7 Å². The lowest BCUT2D eigenvalue weighted by atomic mass is 10.3. The highest BCUT2D eigenvalue weighted by Crippen LogP contribution is 2.14. The van der Waals surface area contributed by atoms with E-state index in [1.165, 1.54) is 6.20 Å². The van der Waals surface area contributed by atoms with E-state index in [2.05, 4.69) is 9.97 Å². The van der Waals surface area contributed by atoms with Crippen molar-refractivity contribution in [3.8, 4) is 5.75 Å². The fourth-order valence-corrected chi connectivity index (χ4v) is 0.928. The van der Waals surface area contributed by atoms with E-state index in [9.17, 15) is 0 Å². The molecule has 0 atom stereocenters. The topological polar surface area (TPSA) is 48.9 Å². The van der Waals surface area contributed by atoms with E-state index >= 15 is 0 Å². The number of hydrogen-bond donors (Lipinski definition) is 2. The second-order valence-electron chi connectivity index (χ2n) is 2.11.